The lowest BCUT2D eigenvalue weighted by atomic mass is 9.63. The second-order valence-corrected chi connectivity index (χ2v) is 11.7. The molecule has 2 N–H and O–H groups in total. The summed E-state index contributed by atoms with van der Waals surface area (Å²) in [6.45, 7) is 9.90. The second-order valence-electron chi connectivity index (χ2n) is 11.7. The van der Waals surface area contributed by atoms with Gasteiger partial charge in [0.1, 0.15) is 18.3 Å². The van der Waals surface area contributed by atoms with Crippen molar-refractivity contribution in [1.29, 1.82) is 0 Å². The molecular weight excluding hydrogens is 500 g/mol. The van der Waals surface area contributed by atoms with Crippen LogP contribution in [0.25, 0.3) is 0 Å². The summed E-state index contributed by atoms with van der Waals surface area (Å²) in [5, 5.41) is 14.8. The number of aliphatic hydroxyl groups is 1. The number of nitrogens with zero attached hydrogens (tertiary/aromatic N) is 1. The molecule has 0 spiro atoms. The van der Waals surface area contributed by atoms with Crippen LogP contribution in [0.4, 0.5) is 0 Å². The molecule has 3 heterocycles. The largest absolute Gasteiger partial charge is 0.461 e. The number of carbonyl (C=O) groups is 2. The molecule has 0 saturated heterocycles. The molecule has 1 aliphatic carbocycles. The zero-order valence-corrected chi connectivity index (χ0v) is 24.0. The number of hydrogen-bond donors (Lipinski definition) is 2. The van der Waals surface area contributed by atoms with Crippen molar-refractivity contribution in [2.45, 2.75) is 64.1 Å². The van der Waals surface area contributed by atoms with E-state index < -0.39 is 35.0 Å². The Kier molecular flexibility index (Phi) is 8.17. The van der Waals surface area contributed by atoms with E-state index in [0.29, 0.717) is 18.7 Å². The first kappa shape index (κ1) is 29.1. The van der Waals surface area contributed by atoms with Crippen molar-refractivity contribution in [2.24, 2.45) is 23.7 Å². The van der Waals surface area contributed by atoms with Gasteiger partial charge in [-0.3, -0.25) is 4.79 Å². The highest BCUT2D eigenvalue weighted by Crippen LogP contribution is 2.50. The monoisotopic (exact) mass is 542 g/mol. The molecule has 9 nitrogen and oxygen atoms in total. The first-order chi connectivity index (χ1) is 18.3. The third kappa shape index (κ3) is 6.00. The van der Waals surface area contributed by atoms with Gasteiger partial charge in [0.05, 0.1) is 18.0 Å². The Bertz CT molecular complexity index is 1120. The van der Waals surface area contributed by atoms with Crippen molar-refractivity contribution < 1.29 is 33.6 Å². The van der Waals surface area contributed by atoms with E-state index in [1.165, 1.54) is 20.1 Å². The molecule has 0 radical (unpaired) electrons. The van der Waals surface area contributed by atoms with Crippen LogP contribution in [-0.4, -0.2) is 72.5 Å². The summed E-state index contributed by atoms with van der Waals surface area (Å²) >= 11 is 0. The van der Waals surface area contributed by atoms with Crippen LogP contribution in [0.3, 0.4) is 0 Å². The maximum atomic E-state index is 13.1. The smallest absolute Gasteiger partial charge is 0.331 e. The molecule has 0 fully saturated rings. The number of fused-ring (bicyclic) bond motifs is 3. The third-order valence-corrected chi connectivity index (χ3v) is 8.32. The third-order valence-electron chi connectivity index (χ3n) is 8.32. The minimum absolute atomic E-state index is 0.0345. The van der Waals surface area contributed by atoms with Crippen LogP contribution >= 0.6 is 0 Å². The highest BCUT2D eigenvalue weighted by atomic mass is 16.7. The lowest BCUT2D eigenvalue weighted by Crippen LogP contribution is -2.50. The fourth-order valence-corrected chi connectivity index (χ4v) is 6.05. The average molecular weight is 543 g/mol. The van der Waals surface area contributed by atoms with Crippen LogP contribution in [-0.2, 0) is 28.5 Å². The van der Waals surface area contributed by atoms with Gasteiger partial charge in [0.25, 0.3) is 0 Å². The van der Waals surface area contributed by atoms with Gasteiger partial charge in [-0.25, -0.2) is 4.79 Å². The summed E-state index contributed by atoms with van der Waals surface area (Å²) in [7, 11) is 3.47. The number of methoxy groups -OCH3 is 1. The molecule has 0 unspecified atom stereocenters. The van der Waals surface area contributed by atoms with E-state index in [1.807, 2.05) is 43.3 Å². The van der Waals surface area contributed by atoms with E-state index >= 15 is 0 Å². The quantitative estimate of drug-likeness (QED) is 0.285. The summed E-state index contributed by atoms with van der Waals surface area (Å²) in [5.41, 5.74) is -0.807. The molecule has 4 rings (SSSR count). The first-order valence-electron chi connectivity index (χ1n) is 13.5. The first-order valence-corrected chi connectivity index (χ1v) is 13.5. The van der Waals surface area contributed by atoms with Gasteiger partial charge in [0.15, 0.2) is 0 Å². The van der Waals surface area contributed by atoms with Gasteiger partial charge >= 0.3 is 11.9 Å². The number of esters is 2. The lowest BCUT2D eigenvalue weighted by Gasteiger charge is -2.45. The standard InChI is InChI=1S/C30H42N2O7/c1-19(2)23-10-11-28(4,35)25-15-26(38-27(34)9-8-22-16-32(6)18-31-22)29(5)12-13-30(36-7,39-29)21(14-24(23)25)17-37-20(3)33/h8-14,16,19,23-26,31,35H,15,17-18H2,1-7H3/b9-8+,21-14-/t23-,24-,25-,26+,28-,29+,30-/m1/s1. The van der Waals surface area contributed by atoms with Crippen LogP contribution in [0.15, 0.2) is 60.0 Å². The van der Waals surface area contributed by atoms with E-state index in [1.54, 1.807) is 19.1 Å². The molecule has 39 heavy (non-hydrogen) atoms. The minimum Gasteiger partial charge on any atom is -0.461 e. The molecule has 9 heteroatoms. The van der Waals surface area contributed by atoms with Crippen molar-refractivity contribution in [3.63, 3.8) is 0 Å². The van der Waals surface area contributed by atoms with Crippen molar-refractivity contribution in [3.05, 3.63) is 60.0 Å². The maximum Gasteiger partial charge on any atom is 0.331 e. The topological polar surface area (TPSA) is 107 Å². The van der Waals surface area contributed by atoms with E-state index in [-0.39, 0.29) is 30.3 Å². The average Bonchev–Trinajstić information content (AvgIpc) is 3.45. The van der Waals surface area contributed by atoms with Gasteiger partial charge in [-0.05, 0) is 56.3 Å². The van der Waals surface area contributed by atoms with Crippen molar-refractivity contribution in [3.8, 4) is 0 Å². The van der Waals surface area contributed by atoms with E-state index in [2.05, 4.69) is 25.2 Å². The van der Waals surface area contributed by atoms with Crippen LogP contribution in [0.5, 0.6) is 0 Å². The number of allylic oxidation sites excluding steroid dienone is 3. The fourth-order valence-electron chi connectivity index (χ4n) is 6.05. The molecule has 0 saturated carbocycles. The number of nitrogens with one attached hydrogen (secondary N) is 1. The van der Waals surface area contributed by atoms with Crippen LogP contribution in [0, 0.1) is 23.7 Å². The van der Waals surface area contributed by atoms with E-state index in [4.69, 9.17) is 18.9 Å². The van der Waals surface area contributed by atoms with Gasteiger partial charge < -0.3 is 34.3 Å². The molecule has 4 aliphatic rings. The Balaban J connectivity index is 1.76. The Hall–Kier alpha value is -2.88. The molecule has 0 amide bonds. The molecule has 3 aliphatic heterocycles. The normalized spacial score (nSPS) is 38.8. The van der Waals surface area contributed by atoms with Crippen LogP contribution in [0.1, 0.15) is 41.0 Å². The molecule has 0 aromatic carbocycles. The second kappa shape index (κ2) is 10.9. The molecule has 7 atom stereocenters. The van der Waals surface area contributed by atoms with Gasteiger partial charge in [0.2, 0.25) is 5.79 Å². The van der Waals surface area contributed by atoms with Gasteiger partial charge in [-0.15, -0.1) is 0 Å². The Labute approximate surface area is 231 Å². The number of ether oxygens (including phenoxy) is 4. The van der Waals surface area contributed by atoms with Gasteiger partial charge in [-0.1, -0.05) is 32.1 Å². The Morgan fingerprint density at radius 2 is 2.03 bits per heavy atom. The van der Waals surface area contributed by atoms with Gasteiger partial charge in [0, 0.05) is 44.8 Å². The predicted octanol–water partition coefficient (Wildman–Crippen LogP) is 3.19. The minimum atomic E-state index is -1.32. The molecule has 0 aromatic rings. The van der Waals surface area contributed by atoms with Gasteiger partial charge in [-0.2, -0.15) is 0 Å². The fraction of sp³-hybridized carbons (Fsp3) is 0.600. The van der Waals surface area contributed by atoms with Crippen LogP contribution < -0.4 is 5.32 Å². The zero-order chi connectivity index (χ0) is 28.6. The van der Waals surface area contributed by atoms with Crippen molar-refractivity contribution in [2.75, 3.05) is 27.4 Å². The van der Waals surface area contributed by atoms with Crippen LogP contribution in [0.2, 0.25) is 0 Å². The molecular formula is C30H42N2O7. The summed E-state index contributed by atoms with van der Waals surface area (Å²) in [6, 6.07) is 0. The molecule has 2 bridgehead atoms. The molecule has 0 aromatic heterocycles. The van der Waals surface area contributed by atoms with Crippen molar-refractivity contribution in [1.82, 2.24) is 10.2 Å². The zero-order valence-electron chi connectivity index (χ0n) is 24.0. The lowest BCUT2D eigenvalue weighted by molar-refractivity contribution is -0.229. The predicted molar refractivity (Wildman–Crippen MR) is 146 cm³/mol. The summed E-state index contributed by atoms with van der Waals surface area (Å²) in [4.78, 5) is 26.9. The summed E-state index contributed by atoms with van der Waals surface area (Å²) in [5.74, 6) is -2.40. The highest BCUT2D eigenvalue weighted by molar-refractivity contribution is 5.82. The summed E-state index contributed by atoms with van der Waals surface area (Å²) in [6.07, 6.45) is 14.2. The Morgan fingerprint density at radius 1 is 1.28 bits per heavy atom. The van der Waals surface area contributed by atoms with Crippen molar-refractivity contribution >= 4 is 11.9 Å². The number of carbonyl (C=O) groups excluding carboxylic acids is 2. The van der Waals surface area contributed by atoms with E-state index in [9.17, 15) is 14.7 Å². The number of hydrogen-bond acceptors (Lipinski definition) is 9. The SMILES string of the molecule is CO[C@]12C=C[C@](C)(O1)[C@@H](OC(=O)/C=C/C1=CN(C)CN1)C[C@@H]1[C@H](/C=C\2COC(C)=O)[C@@H](C(C)C)C=C[C@@]1(C)O. The Morgan fingerprint density at radius 3 is 2.64 bits per heavy atom. The maximum absolute atomic E-state index is 13.1. The highest BCUT2D eigenvalue weighted by Gasteiger charge is 2.55. The summed E-state index contributed by atoms with van der Waals surface area (Å²) < 4.78 is 24.1. The number of rotatable bonds is 7. The van der Waals surface area contributed by atoms with E-state index in [0.717, 1.165) is 5.70 Å². The molecule has 214 valence electrons.